The number of para-hydroxylation sites is 1. The van der Waals surface area contributed by atoms with Crippen LogP contribution >= 0.6 is 0 Å². The Balaban J connectivity index is 2.33. The van der Waals surface area contributed by atoms with Crippen LogP contribution in [0.5, 0.6) is 0 Å². The van der Waals surface area contributed by atoms with Gasteiger partial charge in [0.05, 0.1) is 5.56 Å². The molecular formula is C16H19N3O. The third-order valence-corrected chi connectivity index (χ3v) is 3.30. The fourth-order valence-corrected chi connectivity index (χ4v) is 2.17. The Morgan fingerprint density at radius 1 is 1.20 bits per heavy atom. The highest BCUT2D eigenvalue weighted by Crippen LogP contribution is 2.23. The van der Waals surface area contributed by atoms with Crippen molar-refractivity contribution in [3.8, 4) is 0 Å². The second-order valence-corrected chi connectivity index (χ2v) is 4.76. The van der Waals surface area contributed by atoms with Crippen LogP contribution in [0.15, 0.2) is 36.4 Å². The van der Waals surface area contributed by atoms with E-state index in [4.69, 9.17) is 11.5 Å². The number of nitrogens with one attached hydrogen (secondary N) is 1. The van der Waals surface area contributed by atoms with Gasteiger partial charge in [0.2, 0.25) is 0 Å². The first kappa shape index (κ1) is 13.9. The van der Waals surface area contributed by atoms with Crippen molar-refractivity contribution in [3.63, 3.8) is 0 Å². The van der Waals surface area contributed by atoms with Crippen molar-refractivity contribution in [2.24, 2.45) is 0 Å². The molecule has 0 aliphatic heterocycles. The maximum Gasteiger partial charge on any atom is 0.257 e. The van der Waals surface area contributed by atoms with Crippen LogP contribution in [0.1, 0.15) is 28.4 Å². The van der Waals surface area contributed by atoms with Gasteiger partial charge in [0.25, 0.3) is 5.91 Å². The summed E-state index contributed by atoms with van der Waals surface area (Å²) in [6.45, 7) is 4.03. The Kier molecular flexibility index (Phi) is 3.94. The summed E-state index contributed by atoms with van der Waals surface area (Å²) in [7, 11) is 0. The topological polar surface area (TPSA) is 81.1 Å². The van der Waals surface area contributed by atoms with Gasteiger partial charge in [-0.2, -0.15) is 0 Å². The normalized spacial score (nSPS) is 10.3. The Morgan fingerprint density at radius 3 is 2.60 bits per heavy atom. The van der Waals surface area contributed by atoms with E-state index in [0.717, 1.165) is 23.2 Å². The molecule has 0 unspecified atom stereocenters. The van der Waals surface area contributed by atoms with E-state index in [0.29, 0.717) is 16.9 Å². The molecule has 0 aliphatic rings. The van der Waals surface area contributed by atoms with Gasteiger partial charge in [-0.3, -0.25) is 4.79 Å². The summed E-state index contributed by atoms with van der Waals surface area (Å²) in [5, 5.41) is 2.95. The van der Waals surface area contributed by atoms with E-state index in [2.05, 4.69) is 12.2 Å². The molecular weight excluding hydrogens is 250 g/mol. The van der Waals surface area contributed by atoms with Gasteiger partial charge < -0.3 is 16.8 Å². The summed E-state index contributed by atoms with van der Waals surface area (Å²) in [5.74, 6) is -0.216. The molecule has 0 aliphatic carbocycles. The van der Waals surface area contributed by atoms with Gasteiger partial charge in [-0.25, -0.2) is 0 Å². The van der Waals surface area contributed by atoms with Crippen LogP contribution < -0.4 is 16.8 Å². The highest BCUT2D eigenvalue weighted by Gasteiger charge is 2.13. The van der Waals surface area contributed by atoms with Gasteiger partial charge in [-0.1, -0.05) is 25.1 Å². The number of carbonyl (C=O) groups is 1. The minimum absolute atomic E-state index is 0.216. The van der Waals surface area contributed by atoms with Gasteiger partial charge in [0.1, 0.15) is 0 Å². The molecule has 0 atom stereocenters. The molecule has 2 aromatic rings. The first-order valence-electron chi connectivity index (χ1n) is 6.57. The summed E-state index contributed by atoms with van der Waals surface area (Å²) in [4.78, 5) is 12.3. The van der Waals surface area contributed by atoms with E-state index in [-0.39, 0.29) is 5.91 Å². The zero-order valence-electron chi connectivity index (χ0n) is 11.7. The van der Waals surface area contributed by atoms with Gasteiger partial charge in [-0.15, -0.1) is 0 Å². The van der Waals surface area contributed by atoms with E-state index in [1.807, 2.05) is 25.1 Å². The Labute approximate surface area is 118 Å². The molecule has 0 fully saturated rings. The Hall–Kier alpha value is -2.49. The number of hydrogen-bond donors (Lipinski definition) is 3. The van der Waals surface area contributed by atoms with Crippen molar-refractivity contribution < 1.29 is 4.79 Å². The number of amides is 1. The lowest BCUT2D eigenvalue weighted by Crippen LogP contribution is -2.16. The smallest absolute Gasteiger partial charge is 0.257 e. The maximum absolute atomic E-state index is 12.3. The molecule has 4 heteroatoms. The SMILES string of the molecule is CCc1cccc(C)c1NC(=O)c1ccc(N)cc1N. The summed E-state index contributed by atoms with van der Waals surface area (Å²) in [5.41, 5.74) is 15.8. The number of rotatable bonds is 3. The zero-order chi connectivity index (χ0) is 14.7. The van der Waals surface area contributed by atoms with Crippen LogP contribution in [0.25, 0.3) is 0 Å². The molecule has 2 rings (SSSR count). The van der Waals surface area contributed by atoms with E-state index in [1.165, 1.54) is 0 Å². The minimum Gasteiger partial charge on any atom is -0.399 e. The van der Waals surface area contributed by atoms with Crippen LogP contribution in [-0.2, 0) is 6.42 Å². The maximum atomic E-state index is 12.3. The number of nitrogen functional groups attached to an aromatic ring is 2. The fraction of sp³-hybridized carbons (Fsp3) is 0.188. The number of nitrogens with two attached hydrogens (primary N) is 2. The predicted molar refractivity (Wildman–Crippen MR) is 83.8 cm³/mol. The van der Waals surface area contributed by atoms with Gasteiger partial charge in [0.15, 0.2) is 0 Å². The molecule has 0 aromatic heterocycles. The minimum atomic E-state index is -0.216. The lowest BCUT2D eigenvalue weighted by molar-refractivity contribution is 0.102. The largest absolute Gasteiger partial charge is 0.399 e. The molecule has 2 aromatic carbocycles. The van der Waals surface area contributed by atoms with Crippen molar-refractivity contribution in [1.29, 1.82) is 0 Å². The summed E-state index contributed by atoms with van der Waals surface area (Å²) in [6.07, 6.45) is 0.856. The summed E-state index contributed by atoms with van der Waals surface area (Å²) >= 11 is 0. The molecule has 5 N–H and O–H groups in total. The first-order valence-corrected chi connectivity index (χ1v) is 6.57. The molecule has 0 heterocycles. The number of anilines is 3. The number of aryl methyl sites for hydroxylation is 2. The van der Waals surface area contributed by atoms with Crippen LogP contribution in [-0.4, -0.2) is 5.91 Å². The highest BCUT2D eigenvalue weighted by atomic mass is 16.1. The highest BCUT2D eigenvalue weighted by molar-refractivity contribution is 6.08. The zero-order valence-corrected chi connectivity index (χ0v) is 11.7. The quantitative estimate of drug-likeness (QED) is 0.749. The monoisotopic (exact) mass is 269 g/mol. The molecule has 1 amide bonds. The van der Waals surface area contributed by atoms with E-state index in [1.54, 1.807) is 18.2 Å². The van der Waals surface area contributed by atoms with E-state index >= 15 is 0 Å². The molecule has 20 heavy (non-hydrogen) atoms. The number of hydrogen-bond acceptors (Lipinski definition) is 3. The van der Waals surface area contributed by atoms with Gasteiger partial charge in [0, 0.05) is 17.1 Å². The first-order chi connectivity index (χ1) is 9.52. The molecule has 0 bridgehead atoms. The standard InChI is InChI=1S/C16H19N3O/c1-3-11-6-4-5-10(2)15(11)19-16(20)13-8-7-12(17)9-14(13)18/h4-9H,3,17-18H2,1-2H3,(H,19,20). The predicted octanol–water partition coefficient (Wildman–Crippen LogP) is 2.97. The Morgan fingerprint density at radius 2 is 1.95 bits per heavy atom. The third kappa shape index (κ3) is 2.74. The second-order valence-electron chi connectivity index (χ2n) is 4.76. The lowest BCUT2D eigenvalue weighted by atomic mass is 10.0. The Bertz CT molecular complexity index is 650. The average molecular weight is 269 g/mol. The second kappa shape index (κ2) is 5.65. The van der Waals surface area contributed by atoms with Crippen LogP contribution in [0.4, 0.5) is 17.1 Å². The average Bonchev–Trinajstić information content (AvgIpc) is 2.40. The van der Waals surface area contributed by atoms with Crippen LogP contribution in [0.3, 0.4) is 0 Å². The van der Waals surface area contributed by atoms with Crippen LogP contribution in [0.2, 0.25) is 0 Å². The van der Waals surface area contributed by atoms with Gasteiger partial charge in [-0.05, 0) is 42.7 Å². The van der Waals surface area contributed by atoms with E-state index in [9.17, 15) is 4.79 Å². The molecule has 0 radical (unpaired) electrons. The number of benzene rings is 2. The third-order valence-electron chi connectivity index (χ3n) is 3.30. The van der Waals surface area contributed by atoms with Gasteiger partial charge >= 0.3 is 0 Å². The molecule has 0 spiro atoms. The molecule has 104 valence electrons. The van der Waals surface area contributed by atoms with Crippen LogP contribution in [0, 0.1) is 6.92 Å². The molecule has 0 saturated heterocycles. The van der Waals surface area contributed by atoms with Crippen molar-refractivity contribution in [3.05, 3.63) is 53.1 Å². The van der Waals surface area contributed by atoms with Crippen molar-refractivity contribution in [2.45, 2.75) is 20.3 Å². The van der Waals surface area contributed by atoms with Crippen molar-refractivity contribution in [2.75, 3.05) is 16.8 Å². The summed E-state index contributed by atoms with van der Waals surface area (Å²) in [6, 6.07) is 10.9. The summed E-state index contributed by atoms with van der Waals surface area (Å²) < 4.78 is 0. The molecule has 4 nitrogen and oxygen atoms in total. The fourth-order valence-electron chi connectivity index (χ4n) is 2.17. The molecule has 0 saturated carbocycles. The lowest BCUT2D eigenvalue weighted by Gasteiger charge is -2.14. The number of carbonyl (C=O) groups excluding carboxylic acids is 1. The van der Waals surface area contributed by atoms with E-state index < -0.39 is 0 Å². The van der Waals surface area contributed by atoms with Crippen molar-refractivity contribution >= 4 is 23.0 Å². The van der Waals surface area contributed by atoms with Crippen molar-refractivity contribution in [1.82, 2.24) is 0 Å².